The SMILES string of the molecule is O=C(c1cccc(C(=O)N2CCN(c3ncccn3)CC2)n1)N1CCCC1. The number of carbonyl (C=O) groups excluding carboxylic acids is 2. The topological polar surface area (TPSA) is 82.5 Å². The lowest BCUT2D eigenvalue weighted by atomic mass is 10.2. The van der Waals surface area contributed by atoms with Crippen LogP contribution in [0, 0.1) is 0 Å². The summed E-state index contributed by atoms with van der Waals surface area (Å²) in [6.45, 7) is 4.01. The Morgan fingerprint density at radius 3 is 1.89 bits per heavy atom. The van der Waals surface area contributed by atoms with Gasteiger partial charge < -0.3 is 14.7 Å². The molecule has 0 N–H and O–H groups in total. The number of hydrogen-bond acceptors (Lipinski definition) is 6. The van der Waals surface area contributed by atoms with Crippen LogP contribution < -0.4 is 4.90 Å². The molecular weight excluding hydrogens is 344 g/mol. The summed E-state index contributed by atoms with van der Waals surface area (Å²) < 4.78 is 0. The number of aromatic nitrogens is 3. The summed E-state index contributed by atoms with van der Waals surface area (Å²) in [6, 6.07) is 6.88. The second-order valence-corrected chi connectivity index (χ2v) is 6.74. The van der Waals surface area contributed by atoms with Crippen molar-refractivity contribution in [2.45, 2.75) is 12.8 Å². The number of rotatable bonds is 3. The highest BCUT2D eigenvalue weighted by atomic mass is 16.2. The van der Waals surface area contributed by atoms with Crippen molar-refractivity contribution in [2.24, 2.45) is 0 Å². The number of nitrogens with zero attached hydrogens (tertiary/aromatic N) is 6. The van der Waals surface area contributed by atoms with Crippen molar-refractivity contribution in [3.63, 3.8) is 0 Å². The minimum Gasteiger partial charge on any atom is -0.337 e. The maximum atomic E-state index is 12.8. The first-order chi connectivity index (χ1) is 13.2. The Morgan fingerprint density at radius 2 is 1.30 bits per heavy atom. The van der Waals surface area contributed by atoms with Gasteiger partial charge in [-0.1, -0.05) is 6.07 Å². The van der Waals surface area contributed by atoms with Crippen molar-refractivity contribution in [3.05, 3.63) is 48.0 Å². The zero-order valence-electron chi connectivity index (χ0n) is 15.1. The fourth-order valence-corrected chi connectivity index (χ4v) is 3.48. The van der Waals surface area contributed by atoms with Gasteiger partial charge in [-0.15, -0.1) is 0 Å². The molecule has 0 aromatic carbocycles. The van der Waals surface area contributed by atoms with E-state index in [0.29, 0.717) is 43.5 Å². The van der Waals surface area contributed by atoms with E-state index >= 15 is 0 Å². The van der Waals surface area contributed by atoms with E-state index in [1.165, 1.54) is 0 Å². The number of hydrogen-bond donors (Lipinski definition) is 0. The third-order valence-electron chi connectivity index (χ3n) is 4.98. The van der Waals surface area contributed by atoms with E-state index in [1.54, 1.807) is 46.5 Å². The van der Waals surface area contributed by atoms with Crippen LogP contribution in [0.3, 0.4) is 0 Å². The number of amides is 2. The van der Waals surface area contributed by atoms with Crippen molar-refractivity contribution in [3.8, 4) is 0 Å². The third kappa shape index (κ3) is 3.74. The summed E-state index contributed by atoms with van der Waals surface area (Å²) in [6.07, 6.45) is 5.48. The van der Waals surface area contributed by atoms with Crippen molar-refractivity contribution >= 4 is 17.8 Å². The summed E-state index contributed by atoms with van der Waals surface area (Å²) in [5, 5.41) is 0. The molecule has 2 aliphatic rings. The molecule has 8 nitrogen and oxygen atoms in total. The predicted octanol–water partition coefficient (Wildman–Crippen LogP) is 1.07. The first-order valence-electron chi connectivity index (χ1n) is 9.30. The number of piperazine rings is 1. The molecule has 2 saturated heterocycles. The van der Waals surface area contributed by atoms with Crippen LogP contribution in [0.15, 0.2) is 36.7 Å². The maximum Gasteiger partial charge on any atom is 0.272 e. The van der Waals surface area contributed by atoms with E-state index < -0.39 is 0 Å². The van der Waals surface area contributed by atoms with Crippen LogP contribution in [0.5, 0.6) is 0 Å². The molecule has 0 bridgehead atoms. The third-order valence-corrected chi connectivity index (χ3v) is 4.98. The molecule has 2 aliphatic heterocycles. The summed E-state index contributed by atoms with van der Waals surface area (Å²) >= 11 is 0. The molecule has 27 heavy (non-hydrogen) atoms. The lowest BCUT2D eigenvalue weighted by Gasteiger charge is -2.34. The van der Waals surface area contributed by atoms with E-state index in [-0.39, 0.29) is 11.8 Å². The van der Waals surface area contributed by atoms with Gasteiger partial charge >= 0.3 is 0 Å². The van der Waals surface area contributed by atoms with Crippen LogP contribution in [-0.4, -0.2) is 75.8 Å². The van der Waals surface area contributed by atoms with Crippen molar-refractivity contribution < 1.29 is 9.59 Å². The second-order valence-electron chi connectivity index (χ2n) is 6.74. The highest BCUT2D eigenvalue weighted by Crippen LogP contribution is 2.14. The van der Waals surface area contributed by atoms with Gasteiger partial charge in [-0.05, 0) is 31.0 Å². The van der Waals surface area contributed by atoms with E-state index in [9.17, 15) is 9.59 Å². The van der Waals surface area contributed by atoms with E-state index in [4.69, 9.17) is 0 Å². The van der Waals surface area contributed by atoms with Crippen molar-refractivity contribution in [1.29, 1.82) is 0 Å². The van der Waals surface area contributed by atoms with E-state index in [0.717, 1.165) is 25.9 Å². The highest BCUT2D eigenvalue weighted by Gasteiger charge is 2.26. The molecule has 0 aliphatic carbocycles. The van der Waals surface area contributed by atoms with Crippen LogP contribution >= 0.6 is 0 Å². The predicted molar refractivity (Wildman–Crippen MR) is 99.5 cm³/mol. The molecule has 4 rings (SSSR count). The summed E-state index contributed by atoms with van der Waals surface area (Å²) in [5.41, 5.74) is 0.670. The van der Waals surface area contributed by atoms with Crippen molar-refractivity contribution in [2.75, 3.05) is 44.2 Å². The molecule has 140 valence electrons. The van der Waals surface area contributed by atoms with Gasteiger partial charge in [0, 0.05) is 51.7 Å². The molecule has 0 atom stereocenters. The Kier molecular flexibility index (Phi) is 4.95. The van der Waals surface area contributed by atoms with Crippen LogP contribution in [0.4, 0.5) is 5.95 Å². The average molecular weight is 366 g/mol. The first-order valence-corrected chi connectivity index (χ1v) is 9.30. The summed E-state index contributed by atoms with van der Waals surface area (Å²) in [7, 11) is 0. The quantitative estimate of drug-likeness (QED) is 0.808. The van der Waals surface area contributed by atoms with Gasteiger partial charge in [-0.3, -0.25) is 9.59 Å². The average Bonchev–Trinajstić information content (AvgIpc) is 3.28. The minimum absolute atomic E-state index is 0.0896. The van der Waals surface area contributed by atoms with Crippen LogP contribution in [0.2, 0.25) is 0 Å². The van der Waals surface area contributed by atoms with Gasteiger partial charge in [0.2, 0.25) is 5.95 Å². The maximum absolute atomic E-state index is 12.8. The second kappa shape index (κ2) is 7.69. The molecule has 0 radical (unpaired) electrons. The molecule has 2 aromatic rings. The first kappa shape index (κ1) is 17.4. The van der Waals surface area contributed by atoms with Gasteiger partial charge in [0.15, 0.2) is 0 Å². The van der Waals surface area contributed by atoms with E-state index in [1.807, 2.05) is 0 Å². The number of pyridine rings is 1. The van der Waals surface area contributed by atoms with Gasteiger partial charge in [-0.2, -0.15) is 0 Å². The Balaban J connectivity index is 1.41. The van der Waals surface area contributed by atoms with Gasteiger partial charge in [0.25, 0.3) is 11.8 Å². The summed E-state index contributed by atoms with van der Waals surface area (Å²) in [4.78, 5) is 43.8. The van der Waals surface area contributed by atoms with Crippen LogP contribution in [0.25, 0.3) is 0 Å². The standard InChI is InChI=1S/C19H22N6O2/c26-17(23-9-1-2-10-23)15-5-3-6-16(22-15)18(27)24-11-13-25(14-12-24)19-20-7-4-8-21-19/h3-8H,1-2,9-14H2. The zero-order chi connectivity index (χ0) is 18.6. The fraction of sp³-hybridized carbons (Fsp3) is 0.421. The van der Waals surface area contributed by atoms with Crippen LogP contribution in [0.1, 0.15) is 33.8 Å². The fourth-order valence-electron chi connectivity index (χ4n) is 3.48. The molecule has 2 aromatic heterocycles. The molecule has 0 spiro atoms. The molecule has 0 saturated carbocycles. The van der Waals surface area contributed by atoms with Gasteiger partial charge in [0.1, 0.15) is 11.4 Å². The molecule has 8 heteroatoms. The Hall–Kier alpha value is -3.03. The largest absolute Gasteiger partial charge is 0.337 e. The Bertz CT molecular complexity index is 814. The molecule has 2 fully saturated rings. The molecule has 0 unspecified atom stereocenters. The van der Waals surface area contributed by atoms with Crippen LogP contribution in [-0.2, 0) is 0 Å². The molecule has 4 heterocycles. The van der Waals surface area contributed by atoms with E-state index in [2.05, 4.69) is 19.9 Å². The van der Waals surface area contributed by atoms with Crippen molar-refractivity contribution in [1.82, 2.24) is 24.8 Å². The Morgan fingerprint density at radius 1 is 0.741 bits per heavy atom. The lowest BCUT2D eigenvalue weighted by Crippen LogP contribution is -2.49. The highest BCUT2D eigenvalue weighted by molar-refractivity contribution is 5.96. The number of likely N-dealkylation sites (tertiary alicyclic amines) is 1. The normalized spacial score (nSPS) is 17.3. The smallest absolute Gasteiger partial charge is 0.272 e. The number of anilines is 1. The summed E-state index contributed by atoms with van der Waals surface area (Å²) in [5.74, 6) is 0.453. The van der Waals surface area contributed by atoms with Gasteiger partial charge in [-0.25, -0.2) is 15.0 Å². The minimum atomic E-state index is -0.139. The number of carbonyl (C=O) groups is 2. The zero-order valence-corrected chi connectivity index (χ0v) is 15.1. The molecule has 2 amide bonds. The lowest BCUT2D eigenvalue weighted by molar-refractivity contribution is 0.0739. The monoisotopic (exact) mass is 366 g/mol. The Labute approximate surface area is 157 Å². The van der Waals surface area contributed by atoms with Gasteiger partial charge in [0.05, 0.1) is 0 Å². The molecular formula is C19H22N6O2.